The molecular formula is C15H22N2O3S. The SMILES string of the molecule is CCC(C)NC(=O)C(C)Oc1cc(OC)cc(C(N)=S)c1. The molecule has 1 amide bonds. The summed E-state index contributed by atoms with van der Waals surface area (Å²) in [5.74, 6) is 0.901. The van der Waals surface area contributed by atoms with Gasteiger partial charge in [0, 0.05) is 17.7 Å². The highest BCUT2D eigenvalue weighted by atomic mass is 32.1. The molecule has 0 bridgehead atoms. The quantitative estimate of drug-likeness (QED) is 0.754. The van der Waals surface area contributed by atoms with Gasteiger partial charge in [-0.1, -0.05) is 19.1 Å². The van der Waals surface area contributed by atoms with Gasteiger partial charge in [-0.15, -0.1) is 0 Å². The van der Waals surface area contributed by atoms with Gasteiger partial charge in [0.05, 0.1) is 7.11 Å². The third-order valence-corrected chi connectivity index (χ3v) is 3.32. The first-order valence-corrected chi connectivity index (χ1v) is 7.24. The van der Waals surface area contributed by atoms with Gasteiger partial charge in [0.25, 0.3) is 5.91 Å². The molecule has 0 aliphatic rings. The number of hydrogen-bond donors (Lipinski definition) is 2. The average Bonchev–Trinajstić information content (AvgIpc) is 2.46. The molecule has 0 fully saturated rings. The molecule has 0 saturated carbocycles. The molecule has 2 atom stereocenters. The first-order chi connectivity index (χ1) is 9.87. The van der Waals surface area contributed by atoms with Gasteiger partial charge in [-0.25, -0.2) is 0 Å². The number of hydrogen-bond acceptors (Lipinski definition) is 4. The van der Waals surface area contributed by atoms with E-state index in [1.807, 2.05) is 13.8 Å². The maximum atomic E-state index is 12.0. The van der Waals surface area contributed by atoms with E-state index in [1.165, 1.54) is 0 Å². The molecule has 1 aromatic carbocycles. The molecule has 0 aliphatic heterocycles. The molecule has 0 radical (unpaired) electrons. The van der Waals surface area contributed by atoms with Crippen LogP contribution in [0, 0.1) is 0 Å². The summed E-state index contributed by atoms with van der Waals surface area (Å²) in [7, 11) is 1.54. The van der Waals surface area contributed by atoms with Crippen molar-refractivity contribution in [2.24, 2.45) is 5.73 Å². The molecule has 0 heterocycles. The Hall–Kier alpha value is -1.82. The third-order valence-electron chi connectivity index (χ3n) is 3.08. The van der Waals surface area contributed by atoms with Crippen LogP contribution in [0.1, 0.15) is 32.8 Å². The summed E-state index contributed by atoms with van der Waals surface area (Å²) in [5, 5.41) is 2.87. The number of nitrogens with one attached hydrogen (secondary N) is 1. The van der Waals surface area contributed by atoms with Crippen LogP contribution in [0.3, 0.4) is 0 Å². The number of carbonyl (C=O) groups excluding carboxylic acids is 1. The van der Waals surface area contributed by atoms with E-state index in [0.29, 0.717) is 17.1 Å². The van der Waals surface area contributed by atoms with Crippen LogP contribution in [0.4, 0.5) is 0 Å². The predicted molar refractivity (Wildman–Crippen MR) is 86.9 cm³/mol. The normalized spacial score (nSPS) is 13.1. The van der Waals surface area contributed by atoms with Crippen molar-refractivity contribution >= 4 is 23.1 Å². The number of ether oxygens (including phenoxy) is 2. The van der Waals surface area contributed by atoms with E-state index in [9.17, 15) is 4.79 Å². The van der Waals surface area contributed by atoms with Crippen molar-refractivity contribution in [3.63, 3.8) is 0 Å². The number of methoxy groups -OCH3 is 1. The molecule has 1 aromatic rings. The van der Waals surface area contributed by atoms with Gasteiger partial charge in [0.1, 0.15) is 16.5 Å². The molecule has 0 spiro atoms. The maximum absolute atomic E-state index is 12.0. The minimum Gasteiger partial charge on any atom is -0.497 e. The standard InChI is InChI=1S/C15H22N2O3S/c1-5-9(2)17-15(18)10(3)20-13-7-11(14(16)21)6-12(8-13)19-4/h6-10H,5H2,1-4H3,(H2,16,21)(H,17,18). The zero-order chi connectivity index (χ0) is 16.0. The van der Waals surface area contributed by atoms with Crippen LogP contribution < -0.4 is 20.5 Å². The summed E-state index contributed by atoms with van der Waals surface area (Å²) in [4.78, 5) is 12.2. The van der Waals surface area contributed by atoms with Gasteiger partial charge < -0.3 is 20.5 Å². The summed E-state index contributed by atoms with van der Waals surface area (Å²) in [6.07, 6.45) is 0.244. The van der Waals surface area contributed by atoms with E-state index in [4.69, 9.17) is 27.4 Å². The van der Waals surface area contributed by atoms with Gasteiger partial charge in [-0.3, -0.25) is 4.79 Å². The Bertz CT molecular complexity index is 520. The Morgan fingerprint density at radius 2 is 1.95 bits per heavy atom. The number of carbonyl (C=O) groups is 1. The van der Waals surface area contributed by atoms with E-state index in [2.05, 4.69) is 5.32 Å². The molecule has 5 nitrogen and oxygen atoms in total. The van der Waals surface area contributed by atoms with Gasteiger partial charge in [-0.2, -0.15) is 0 Å². The highest BCUT2D eigenvalue weighted by Crippen LogP contribution is 2.23. The second kappa shape index (κ2) is 7.83. The summed E-state index contributed by atoms with van der Waals surface area (Å²) in [6.45, 7) is 5.64. The monoisotopic (exact) mass is 310 g/mol. The Kier molecular flexibility index (Phi) is 6.42. The highest BCUT2D eigenvalue weighted by Gasteiger charge is 2.17. The second-order valence-electron chi connectivity index (χ2n) is 4.84. The van der Waals surface area contributed by atoms with Crippen LogP contribution in [0.25, 0.3) is 0 Å². The van der Waals surface area contributed by atoms with Crippen molar-refractivity contribution in [3.8, 4) is 11.5 Å². The Labute approximate surface area is 130 Å². The summed E-state index contributed by atoms with van der Waals surface area (Å²) >= 11 is 4.95. The van der Waals surface area contributed by atoms with Crippen molar-refractivity contribution in [3.05, 3.63) is 23.8 Å². The zero-order valence-corrected chi connectivity index (χ0v) is 13.6. The number of thiocarbonyl (C=S) groups is 1. The molecule has 6 heteroatoms. The van der Waals surface area contributed by atoms with Crippen molar-refractivity contribution in [2.75, 3.05) is 7.11 Å². The first-order valence-electron chi connectivity index (χ1n) is 6.83. The van der Waals surface area contributed by atoms with Gasteiger partial charge in [0.2, 0.25) is 0 Å². The van der Waals surface area contributed by atoms with Crippen LogP contribution in [-0.2, 0) is 4.79 Å². The van der Waals surface area contributed by atoms with E-state index in [-0.39, 0.29) is 16.9 Å². The average molecular weight is 310 g/mol. The smallest absolute Gasteiger partial charge is 0.260 e. The Balaban J connectivity index is 2.84. The Morgan fingerprint density at radius 3 is 2.48 bits per heavy atom. The molecule has 116 valence electrons. The number of nitrogens with two attached hydrogens (primary N) is 1. The van der Waals surface area contributed by atoms with Gasteiger partial charge in [-0.05, 0) is 32.4 Å². The lowest BCUT2D eigenvalue weighted by atomic mass is 10.2. The molecule has 3 N–H and O–H groups in total. The predicted octanol–water partition coefficient (Wildman–Crippen LogP) is 2.01. The summed E-state index contributed by atoms with van der Waals surface area (Å²) in [5.41, 5.74) is 6.26. The lowest BCUT2D eigenvalue weighted by Crippen LogP contribution is -2.41. The minimum absolute atomic E-state index is 0.112. The molecule has 0 aromatic heterocycles. The van der Waals surface area contributed by atoms with Crippen molar-refractivity contribution < 1.29 is 14.3 Å². The number of benzene rings is 1. The third kappa shape index (κ3) is 5.23. The van der Waals surface area contributed by atoms with E-state index in [0.717, 1.165) is 6.42 Å². The number of rotatable bonds is 7. The lowest BCUT2D eigenvalue weighted by Gasteiger charge is -2.18. The lowest BCUT2D eigenvalue weighted by molar-refractivity contribution is -0.127. The molecule has 0 saturated heterocycles. The minimum atomic E-state index is -0.620. The largest absolute Gasteiger partial charge is 0.497 e. The molecule has 1 rings (SSSR count). The number of amides is 1. The fraction of sp³-hybridized carbons (Fsp3) is 0.467. The van der Waals surface area contributed by atoms with E-state index >= 15 is 0 Å². The highest BCUT2D eigenvalue weighted by molar-refractivity contribution is 7.80. The Morgan fingerprint density at radius 1 is 1.33 bits per heavy atom. The molecular weight excluding hydrogens is 288 g/mol. The maximum Gasteiger partial charge on any atom is 0.260 e. The van der Waals surface area contributed by atoms with Crippen molar-refractivity contribution in [1.29, 1.82) is 0 Å². The molecule has 2 unspecified atom stereocenters. The van der Waals surface area contributed by atoms with Crippen LogP contribution in [-0.4, -0.2) is 30.2 Å². The van der Waals surface area contributed by atoms with Gasteiger partial charge >= 0.3 is 0 Å². The van der Waals surface area contributed by atoms with Gasteiger partial charge in [0.15, 0.2) is 6.10 Å². The van der Waals surface area contributed by atoms with Crippen molar-refractivity contribution in [1.82, 2.24) is 5.32 Å². The first kappa shape index (κ1) is 17.2. The van der Waals surface area contributed by atoms with Crippen LogP contribution in [0.2, 0.25) is 0 Å². The van der Waals surface area contributed by atoms with E-state index < -0.39 is 6.10 Å². The fourth-order valence-electron chi connectivity index (χ4n) is 1.62. The summed E-state index contributed by atoms with van der Waals surface area (Å²) < 4.78 is 10.8. The van der Waals surface area contributed by atoms with Crippen molar-refractivity contribution in [2.45, 2.75) is 39.3 Å². The fourth-order valence-corrected chi connectivity index (χ4v) is 1.74. The van der Waals surface area contributed by atoms with E-state index in [1.54, 1.807) is 32.2 Å². The zero-order valence-electron chi connectivity index (χ0n) is 12.8. The molecule has 0 aliphatic carbocycles. The topological polar surface area (TPSA) is 73.6 Å². The van der Waals surface area contributed by atoms with Crippen LogP contribution in [0.15, 0.2) is 18.2 Å². The summed E-state index contributed by atoms with van der Waals surface area (Å²) in [6, 6.07) is 5.22. The second-order valence-corrected chi connectivity index (χ2v) is 5.28. The van der Waals surface area contributed by atoms with Crippen LogP contribution in [0.5, 0.6) is 11.5 Å². The van der Waals surface area contributed by atoms with Crippen LogP contribution >= 0.6 is 12.2 Å². The molecule has 21 heavy (non-hydrogen) atoms.